The molecule has 0 spiro atoms. The predicted octanol–water partition coefficient (Wildman–Crippen LogP) is 1.35. The van der Waals surface area contributed by atoms with E-state index in [0.717, 1.165) is 17.0 Å². The van der Waals surface area contributed by atoms with Gasteiger partial charge in [0.05, 0.1) is 6.04 Å². The Morgan fingerprint density at radius 2 is 2.58 bits per heavy atom. The molecule has 0 bridgehead atoms. The third kappa shape index (κ3) is 0.992. The molecule has 4 heteroatoms. The van der Waals surface area contributed by atoms with E-state index in [-0.39, 0.29) is 6.04 Å². The number of hydrogen-bond acceptors (Lipinski definition) is 4. The minimum Gasteiger partial charge on any atom is -0.319 e. The number of carbonyl (C=O) groups excluding carboxylic acids is 1. The van der Waals surface area contributed by atoms with E-state index >= 15 is 0 Å². The molecule has 1 atom stereocenters. The highest BCUT2D eigenvalue weighted by molar-refractivity contribution is 8.16. The fourth-order valence-electron chi connectivity index (χ4n) is 1.20. The van der Waals surface area contributed by atoms with E-state index in [0.29, 0.717) is 0 Å². The van der Waals surface area contributed by atoms with Crippen molar-refractivity contribution in [2.24, 2.45) is 4.99 Å². The van der Waals surface area contributed by atoms with Crippen molar-refractivity contribution in [2.75, 3.05) is 0 Å². The lowest BCUT2D eigenvalue weighted by molar-refractivity contribution is -0.105. The number of nitrogens with zero attached hydrogens (tertiary/aromatic N) is 2. The molecule has 0 aromatic carbocycles. The summed E-state index contributed by atoms with van der Waals surface area (Å²) in [6.45, 7) is 1.99. The van der Waals surface area contributed by atoms with Crippen molar-refractivity contribution in [3.8, 4) is 0 Å². The van der Waals surface area contributed by atoms with E-state index in [2.05, 4.69) is 4.99 Å². The van der Waals surface area contributed by atoms with Crippen molar-refractivity contribution in [3.63, 3.8) is 0 Å². The average molecular weight is 180 g/mol. The zero-order valence-electron chi connectivity index (χ0n) is 6.60. The van der Waals surface area contributed by atoms with Gasteiger partial charge in [-0.3, -0.25) is 4.79 Å². The number of hydrogen-bond donors (Lipinski definition) is 0. The van der Waals surface area contributed by atoms with E-state index in [1.165, 1.54) is 0 Å². The number of rotatable bonds is 1. The van der Waals surface area contributed by atoms with Gasteiger partial charge in [-0.05, 0) is 12.3 Å². The second kappa shape index (κ2) is 2.79. The van der Waals surface area contributed by atoms with Crippen molar-refractivity contribution >= 4 is 23.2 Å². The summed E-state index contributed by atoms with van der Waals surface area (Å²) in [7, 11) is 0. The van der Waals surface area contributed by atoms with E-state index in [1.807, 2.05) is 23.4 Å². The van der Waals surface area contributed by atoms with Crippen molar-refractivity contribution in [2.45, 2.75) is 13.0 Å². The van der Waals surface area contributed by atoms with Crippen LogP contribution in [0.4, 0.5) is 0 Å². The normalized spacial score (nSPS) is 26.4. The van der Waals surface area contributed by atoms with Gasteiger partial charge in [-0.1, -0.05) is 11.8 Å². The van der Waals surface area contributed by atoms with Gasteiger partial charge in [0, 0.05) is 18.0 Å². The Hall–Kier alpha value is -1.03. The largest absolute Gasteiger partial charge is 0.319 e. The maximum absolute atomic E-state index is 10.6. The van der Waals surface area contributed by atoms with E-state index in [4.69, 9.17) is 0 Å². The molecule has 3 nitrogen and oxygen atoms in total. The molecule has 0 radical (unpaired) electrons. The first-order valence-corrected chi connectivity index (χ1v) is 4.55. The first-order valence-electron chi connectivity index (χ1n) is 3.67. The van der Waals surface area contributed by atoms with Gasteiger partial charge in [-0.15, -0.1) is 0 Å². The highest BCUT2D eigenvalue weighted by Crippen LogP contribution is 2.27. The van der Waals surface area contributed by atoms with Crippen LogP contribution in [0.2, 0.25) is 0 Å². The summed E-state index contributed by atoms with van der Waals surface area (Å²) < 4.78 is 0. The van der Waals surface area contributed by atoms with Crippen molar-refractivity contribution in [3.05, 3.63) is 23.4 Å². The minimum absolute atomic E-state index is 0.126. The standard InChI is InChI=1S/C8H8N2OS/c1-6-7(5-11)4-9-8-10(6)2-3-12-8/h2-6H,1H3. The summed E-state index contributed by atoms with van der Waals surface area (Å²) >= 11 is 1.58. The van der Waals surface area contributed by atoms with Crippen molar-refractivity contribution in [1.29, 1.82) is 0 Å². The topological polar surface area (TPSA) is 32.7 Å². The monoisotopic (exact) mass is 180 g/mol. The molecule has 0 aromatic rings. The smallest absolute Gasteiger partial charge is 0.172 e. The second-order valence-electron chi connectivity index (χ2n) is 2.64. The quantitative estimate of drug-likeness (QED) is 0.571. The summed E-state index contributed by atoms with van der Waals surface area (Å²) in [6, 6.07) is 0.126. The first kappa shape index (κ1) is 7.61. The van der Waals surface area contributed by atoms with E-state index in [9.17, 15) is 4.79 Å². The molecule has 12 heavy (non-hydrogen) atoms. The Labute approximate surface area is 74.8 Å². The second-order valence-corrected chi connectivity index (χ2v) is 3.52. The molecule has 2 aliphatic rings. The molecular formula is C8H8N2OS. The van der Waals surface area contributed by atoms with Gasteiger partial charge in [0.15, 0.2) is 5.17 Å². The highest BCUT2D eigenvalue weighted by Gasteiger charge is 2.25. The van der Waals surface area contributed by atoms with Crippen LogP contribution >= 0.6 is 11.8 Å². The van der Waals surface area contributed by atoms with Crippen LogP contribution < -0.4 is 0 Å². The molecule has 0 aromatic heterocycles. The molecule has 0 saturated carbocycles. The molecule has 2 aliphatic heterocycles. The maximum atomic E-state index is 10.6. The summed E-state index contributed by atoms with van der Waals surface area (Å²) in [5, 5.41) is 2.92. The summed E-state index contributed by atoms with van der Waals surface area (Å²) in [6.07, 6.45) is 4.45. The zero-order chi connectivity index (χ0) is 8.55. The van der Waals surface area contributed by atoms with Gasteiger partial charge in [-0.25, -0.2) is 4.99 Å². The lowest BCUT2D eigenvalue weighted by Gasteiger charge is -2.26. The molecule has 2 rings (SSSR count). The third-order valence-electron chi connectivity index (χ3n) is 1.98. The molecule has 0 saturated heterocycles. The van der Waals surface area contributed by atoms with Gasteiger partial charge in [-0.2, -0.15) is 0 Å². The van der Waals surface area contributed by atoms with Crippen LogP contribution in [0.15, 0.2) is 28.4 Å². The van der Waals surface area contributed by atoms with Crippen LogP contribution in [-0.4, -0.2) is 22.4 Å². The van der Waals surface area contributed by atoms with Crippen LogP contribution in [0.5, 0.6) is 0 Å². The molecule has 2 heterocycles. The number of amidine groups is 1. The Morgan fingerprint density at radius 3 is 3.33 bits per heavy atom. The van der Waals surface area contributed by atoms with E-state index in [1.54, 1.807) is 18.0 Å². The maximum Gasteiger partial charge on any atom is 0.172 e. The first-order chi connectivity index (χ1) is 5.83. The van der Waals surface area contributed by atoms with Crippen LogP contribution in [-0.2, 0) is 4.79 Å². The van der Waals surface area contributed by atoms with Crippen LogP contribution in [0.3, 0.4) is 0 Å². The minimum atomic E-state index is 0.126. The van der Waals surface area contributed by atoms with Crippen LogP contribution in [0, 0.1) is 0 Å². The Balaban J connectivity index is 2.35. The van der Waals surface area contributed by atoms with Crippen molar-refractivity contribution in [1.82, 2.24) is 4.90 Å². The fourth-order valence-corrected chi connectivity index (χ4v) is 1.97. The molecule has 0 amide bonds. The van der Waals surface area contributed by atoms with Crippen LogP contribution in [0.1, 0.15) is 6.92 Å². The third-order valence-corrected chi connectivity index (χ3v) is 2.76. The Bertz CT molecular complexity index is 306. The lowest BCUT2D eigenvalue weighted by Crippen LogP contribution is -2.34. The predicted molar refractivity (Wildman–Crippen MR) is 49.6 cm³/mol. The van der Waals surface area contributed by atoms with E-state index < -0.39 is 0 Å². The fraction of sp³-hybridized carbons (Fsp3) is 0.250. The van der Waals surface area contributed by atoms with Gasteiger partial charge in [0.25, 0.3) is 0 Å². The molecule has 0 N–H and O–H groups in total. The molecule has 1 unspecified atom stereocenters. The summed E-state index contributed by atoms with van der Waals surface area (Å²) in [4.78, 5) is 16.7. The number of carbonyl (C=O) groups is 1. The molecule has 62 valence electrons. The molecule has 0 fully saturated rings. The molecule has 0 aliphatic carbocycles. The molecular weight excluding hydrogens is 172 g/mol. The number of fused-ring (bicyclic) bond motifs is 1. The number of thioether (sulfide) groups is 1. The lowest BCUT2D eigenvalue weighted by atomic mass is 10.1. The zero-order valence-corrected chi connectivity index (χ0v) is 7.41. The van der Waals surface area contributed by atoms with Gasteiger partial charge in [0.1, 0.15) is 6.29 Å². The van der Waals surface area contributed by atoms with Gasteiger partial charge < -0.3 is 4.90 Å². The van der Waals surface area contributed by atoms with Crippen LogP contribution in [0.25, 0.3) is 0 Å². The summed E-state index contributed by atoms with van der Waals surface area (Å²) in [5.41, 5.74) is 0.728. The number of aliphatic imine (C=N–C) groups is 1. The highest BCUT2D eigenvalue weighted by atomic mass is 32.2. The average Bonchev–Trinajstić information content (AvgIpc) is 2.53. The van der Waals surface area contributed by atoms with Gasteiger partial charge in [0.2, 0.25) is 0 Å². The summed E-state index contributed by atoms with van der Waals surface area (Å²) in [5.74, 6) is 0. The number of aldehydes is 1. The Morgan fingerprint density at radius 1 is 1.75 bits per heavy atom. The van der Waals surface area contributed by atoms with Crippen molar-refractivity contribution < 1.29 is 4.79 Å². The SMILES string of the molecule is CC1C(C=O)=CN=C2SC=CN21. The van der Waals surface area contributed by atoms with Gasteiger partial charge >= 0.3 is 0 Å². The Kier molecular flexibility index (Phi) is 1.77.